The first-order chi connectivity index (χ1) is 15.1. The molecule has 1 aromatic heterocycles. The minimum absolute atomic E-state index is 0.0398. The van der Waals surface area contributed by atoms with Gasteiger partial charge in [-0.2, -0.15) is 0 Å². The van der Waals surface area contributed by atoms with E-state index in [0.717, 1.165) is 30.2 Å². The third kappa shape index (κ3) is 4.34. The van der Waals surface area contributed by atoms with Gasteiger partial charge in [0, 0.05) is 6.54 Å². The molecule has 32 heavy (non-hydrogen) atoms. The fourth-order valence-electron chi connectivity index (χ4n) is 4.36. The van der Waals surface area contributed by atoms with E-state index >= 15 is 0 Å². The second-order valence-corrected chi connectivity index (χ2v) is 12.0. The Kier molecular flexibility index (Phi) is 6.19. The standard InChI is InChI=1S/C21H27N3O6S2/c1-15-12-17(24-21(25)16(2)14-31(24,26)27)7-8-20(15)32(28,29)22-13-18(19-6-5-11-30-19)23-9-3-4-10-23/h5-8,11-12,16,18,22H,3-4,9-10,13-14H2,1-2H3/t16-,18+/m0/s1. The number of carbonyl (C=O) groups excluding carboxylic acids is 1. The average molecular weight is 482 g/mol. The Bertz CT molecular complexity index is 1200. The SMILES string of the molecule is Cc1cc(N2C(=O)[C@@H](C)CS2(=O)=O)ccc1S(=O)(=O)NC[C@H](c1ccco1)N1CCCC1. The van der Waals surface area contributed by atoms with Gasteiger partial charge in [-0.15, -0.1) is 0 Å². The molecule has 2 aliphatic heterocycles. The third-order valence-electron chi connectivity index (χ3n) is 5.96. The van der Waals surface area contributed by atoms with Crippen LogP contribution in [0.3, 0.4) is 0 Å². The van der Waals surface area contributed by atoms with Crippen molar-refractivity contribution in [2.45, 2.75) is 37.6 Å². The lowest BCUT2D eigenvalue weighted by molar-refractivity contribution is -0.119. The molecule has 0 radical (unpaired) electrons. The summed E-state index contributed by atoms with van der Waals surface area (Å²) >= 11 is 0. The van der Waals surface area contributed by atoms with E-state index in [1.54, 1.807) is 26.2 Å². The summed E-state index contributed by atoms with van der Waals surface area (Å²) in [4.78, 5) is 14.6. The van der Waals surface area contributed by atoms with Crippen molar-refractivity contribution < 1.29 is 26.0 Å². The molecule has 1 N–H and O–H groups in total. The van der Waals surface area contributed by atoms with Gasteiger partial charge in [-0.05, 0) is 68.8 Å². The molecule has 1 aromatic carbocycles. The summed E-state index contributed by atoms with van der Waals surface area (Å²) in [5.41, 5.74) is 0.509. The summed E-state index contributed by atoms with van der Waals surface area (Å²) in [6.07, 6.45) is 3.69. The highest BCUT2D eigenvalue weighted by atomic mass is 32.2. The Labute approximate surface area is 188 Å². The Morgan fingerprint density at radius 3 is 2.50 bits per heavy atom. The minimum Gasteiger partial charge on any atom is -0.468 e. The molecule has 4 rings (SSSR count). The quantitative estimate of drug-likeness (QED) is 0.643. The highest BCUT2D eigenvalue weighted by Crippen LogP contribution is 2.31. The Morgan fingerprint density at radius 1 is 1.22 bits per heavy atom. The number of hydrogen-bond acceptors (Lipinski definition) is 7. The maximum absolute atomic E-state index is 13.1. The summed E-state index contributed by atoms with van der Waals surface area (Å²) in [7, 11) is -7.63. The van der Waals surface area contributed by atoms with Crippen LogP contribution >= 0.6 is 0 Å². The molecule has 3 heterocycles. The average Bonchev–Trinajstić information content (AvgIpc) is 3.45. The zero-order valence-corrected chi connectivity index (χ0v) is 19.7. The first-order valence-corrected chi connectivity index (χ1v) is 13.6. The second-order valence-electron chi connectivity index (χ2n) is 8.36. The van der Waals surface area contributed by atoms with Gasteiger partial charge >= 0.3 is 0 Å². The summed E-state index contributed by atoms with van der Waals surface area (Å²) < 4.78 is 59.8. The monoisotopic (exact) mass is 481 g/mol. The van der Waals surface area contributed by atoms with Crippen molar-refractivity contribution in [2.24, 2.45) is 5.92 Å². The van der Waals surface area contributed by atoms with Gasteiger partial charge in [0.15, 0.2) is 0 Å². The first kappa shape index (κ1) is 23.0. The number of rotatable bonds is 7. The Hall–Kier alpha value is -2.21. The molecule has 2 aromatic rings. The summed E-state index contributed by atoms with van der Waals surface area (Å²) in [5.74, 6) is -0.690. The smallest absolute Gasteiger partial charge is 0.244 e. The Morgan fingerprint density at radius 2 is 1.94 bits per heavy atom. The molecule has 0 bridgehead atoms. The molecule has 0 spiro atoms. The van der Waals surface area contributed by atoms with E-state index in [2.05, 4.69) is 9.62 Å². The predicted octanol–water partition coefficient (Wildman–Crippen LogP) is 2.02. The molecule has 0 aliphatic carbocycles. The zero-order chi connectivity index (χ0) is 23.1. The number of nitrogens with zero attached hydrogens (tertiary/aromatic N) is 2. The molecule has 174 valence electrons. The lowest BCUT2D eigenvalue weighted by Gasteiger charge is -2.26. The highest BCUT2D eigenvalue weighted by molar-refractivity contribution is 7.94. The molecule has 0 saturated carbocycles. The lowest BCUT2D eigenvalue weighted by atomic mass is 10.2. The van der Waals surface area contributed by atoms with E-state index in [-0.39, 0.29) is 28.9 Å². The van der Waals surface area contributed by atoms with Gasteiger partial charge in [0.1, 0.15) is 5.76 Å². The van der Waals surface area contributed by atoms with Gasteiger partial charge in [-0.1, -0.05) is 6.92 Å². The number of anilines is 1. The van der Waals surface area contributed by atoms with Crippen LogP contribution in [0.2, 0.25) is 0 Å². The molecule has 9 nitrogen and oxygen atoms in total. The van der Waals surface area contributed by atoms with Crippen LogP contribution in [0.5, 0.6) is 0 Å². The molecular formula is C21H27N3O6S2. The summed E-state index contributed by atoms with van der Waals surface area (Å²) in [6.45, 7) is 5.03. The van der Waals surface area contributed by atoms with Crippen molar-refractivity contribution in [2.75, 3.05) is 29.7 Å². The number of sulfonamides is 2. The van der Waals surface area contributed by atoms with Crippen molar-refractivity contribution in [3.8, 4) is 0 Å². The normalized spacial score (nSPS) is 22.5. The van der Waals surface area contributed by atoms with Crippen LogP contribution in [0, 0.1) is 12.8 Å². The number of aryl methyl sites for hydroxylation is 1. The van der Waals surface area contributed by atoms with Crippen molar-refractivity contribution in [1.29, 1.82) is 0 Å². The van der Waals surface area contributed by atoms with Crippen molar-refractivity contribution in [3.05, 3.63) is 47.9 Å². The third-order valence-corrected chi connectivity index (χ3v) is 9.41. The van der Waals surface area contributed by atoms with Crippen LogP contribution in [-0.4, -0.2) is 53.0 Å². The maximum Gasteiger partial charge on any atom is 0.244 e. The van der Waals surface area contributed by atoms with Gasteiger partial charge in [0.25, 0.3) is 0 Å². The first-order valence-electron chi connectivity index (χ1n) is 10.5. The van der Waals surface area contributed by atoms with E-state index in [9.17, 15) is 21.6 Å². The van der Waals surface area contributed by atoms with Gasteiger partial charge in [0.05, 0.1) is 34.6 Å². The van der Waals surface area contributed by atoms with Gasteiger partial charge in [-0.25, -0.2) is 25.9 Å². The molecule has 1 amide bonds. The Balaban J connectivity index is 1.56. The number of carbonyl (C=O) groups is 1. The number of likely N-dealkylation sites (tertiary alicyclic amines) is 1. The van der Waals surface area contributed by atoms with E-state index in [0.29, 0.717) is 11.3 Å². The topological polar surface area (TPSA) is 117 Å². The summed E-state index contributed by atoms with van der Waals surface area (Å²) in [5, 5.41) is 0. The fourth-order valence-corrected chi connectivity index (χ4v) is 7.43. The zero-order valence-electron chi connectivity index (χ0n) is 18.0. The second kappa shape index (κ2) is 8.62. The van der Waals surface area contributed by atoms with Crippen molar-refractivity contribution in [3.63, 3.8) is 0 Å². The minimum atomic E-state index is -3.87. The van der Waals surface area contributed by atoms with Crippen molar-refractivity contribution in [1.82, 2.24) is 9.62 Å². The number of benzene rings is 1. The molecule has 2 aliphatic rings. The van der Waals surface area contributed by atoms with Crippen molar-refractivity contribution >= 4 is 31.6 Å². The number of furan rings is 1. The molecule has 2 atom stereocenters. The lowest BCUT2D eigenvalue weighted by Crippen LogP contribution is -2.37. The predicted molar refractivity (Wildman–Crippen MR) is 119 cm³/mol. The van der Waals surface area contributed by atoms with E-state index < -0.39 is 31.9 Å². The number of hydrogen-bond donors (Lipinski definition) is 1. The molecular weight excluding hydrogens is 454 g/mol. The van der Waals surface area contributed by atoms with Crippen LogP contribution in [0.15, 0.2) is 45.9 Å². The molecule has 11 heteroatoms. The fraction of sp³-hybridized carbons (Fsp3) is 0.476. The van der Waals surface area contributed by atoms with Crippen LogP contribution < -0.4 is 9.03 Å². The van der Waals surface area contributed by atoms with Gasteiger partial charge in [-0.3, -0.25) is 9.69 Å². The van der Waals surface area contributed by atoms with Crippen LogP contribution in [-0.2, 0) is 24.8 Å². The maximum atomic E-state index is 13.1. The molecule has 2 saturated heterocycles. The molecule has 0 unspecified atom stereocenters. The number of amides is 1. The van der Waals surface area contributed by atoms with Crippen LogP contribution in [0.1, 0.15) is 37.1 Å². The number of nitrogens with one attached hydrogen (secondary N) is 1. The highest BCUT2D eigenvalue weighted by Gasteiger charge is 2.42. The van der Waals surface area contributed by atoms with Gasteiger partial charge < -0.3 is 4.42 Å². The molecule has 2 fully saturated rings. The van der Waals surface area contributed by atoms with E-state index in [1.807, 2.05) is 6.07 Å². The largest absolute Gasteiger partial charge is 0.468 e. The van der Waals surface area contributed by atoms with Crippen LogP contribution in [0.4, 0.5) is 5.69 Å². The van der Waals surface area contributed by atoms with Crippen LogP contribution in [0.25, 0.3) is 0 Å². The van der Waals surface area contributed by atoms with E-state index in [1.165, 1.54) is 18.2 Å². The van der Waals surface area contributed by atoms with E-state index in [4.69, 9.17) is 4.42 Å². The van der Waals surface area contributed by atoms with Gasteiger partial charge in [0.2, 0.25) is 26.0 Å². The summed E-state index contributed by atoms with van der Waals surface area (Å²) in [6, 6.07) is 7.54.